The molecule has 0 amide bonds. The smallest absolute Gasteiger partial charge is 0.193 e. The number of ketones is 2. The minimum atomic E-state index is -0.114. The Labute approximate surface area is 152 Å². The number of hydrogen-bond acceptors (Lipinski definition) is 3. The third kappa shape index (κ3) is 3.83. The summed E-state index contributed by atoms with van der Waals surface area (Å²) in [6.45, 7) is 1.97. The van der Waals surface area contributed by atoms with Crippen molar-refractivity contribution in [2.45, 2.75) is 13.3 Å². The Morgan fingerprint density at radius 3 is 1.38 bits per heavy atom. The van der Waals surface area contributed by atoms with E-state index in [1.54, 1.807) is 60.7 Å². The summed E-state index contributed by atoms with van der Waals surface area (Å²) < 4.78 is 0. The molecule has 3 rings (SSSR count). The molecule has 0 N–H and O–H groups in total. The molecule has 0 saturated carbocycles. The first-order chi connectivity index (χ1) is 12.6. The van der Waals surface area contributed by atoms with Crippen LogP contribution in [0.1, 0.15) is 43.0 Å². The topological polar surface area (TPSA) is 51.2 Å². The van der Waals surface area contributed by atoms with Crippen molar-refractivity contribution < 1.29 is 14.4 Å². The molecule has 0 heterocycles. The fraction of sp³-hybridized carbons (Fsp3) is 0.0870. The Hall–Kier alpha value is -3.33. The van der Waals surface area contributed by atoms with E-state index in [0.29, 0.717) is 28.7 Å². The van der Waals surface area contributed by atoms with Crippen molar-refractivity contribution in [3.05, 3.63) is 106 Å². The maximum absolute atomic E-state index is 12.5. The van der Waals surface area contributed by atoms with Gasteiger partial charge < -0.3 is 4.79 Å². The van der Waals surface area contributed by atoms with E-state index >= 15 is 0 Å². The van der Waals surface area contributed by atoms with Gasteiger partial charge in [0.2, 0.25) is 0 Å². The normalized spacial score (nSPS) is 10.3. The highest BCUT2D eigenvalue weighted by Crippen LogP contribution is 2.15. The lowest BCUT2D eigenvalue weighted by atomic mass is 9.97. The summed E-state index contributed by atoms with van der Waals surface area (Å²) >= 11 is 0. The molecule has 0 aliphatic carbocycles. The third-order valence-corrected chi connectivity index (χ3v) is 4.26. The van der Waals surface area contributed by atoms with Gasteiger partial charge in [0, 0.05) is 28.7 Å². The summed E-state index contributed by atoms with van der Waals surface area (Å²) in [4.78, 5) is 35.6. The molecule has 0 unspecified atom stereocenters. The van der Waals surface area contributed by atoms with Gasteiger partial charge in [0.1, 0.15) is 6.29 Å². The molecule has 0 fully saturated rings. The fourth-order valence-electron chi connectivity index (χ4n) is 2.70. The monoisotopic (exact) mass is 342 g/mol. The number of carbonyl (C=O) groups is 3. The highest BCUT2D eigenvalue weighted by Gasteiger charge is 2.12. The maximum Gasteiger partial charge on any atom is 0.193 e. The second-order valence-corrected chi connectivity index (χ2v) is 6.17. The van der Waals surface area contributed by atoms with E-state index in [1.807, 2.05) is 19.1 Å². The zero-order chi connectivity index (χ0) is 18.5. The Morgan fingerprint density at radius 1 is 0.654 bits per heavy atom. The molecule has 3 aromatic rings. The number of benzene rings is 3. The summed E-state index contributed by atoms with van der Waals surface area (Å²) in [5.74, 6) is -0.181. The van der Waals surface area contributed by atoms with Crippen LogP contribution in [0.25, 0.3) is 0 Å². The number of aldehydes is 1. The largest absolute Gasteiger partial charge is 0.303 e. The summed E-state index contributed by atoms with van der Waals surface area (Å²) in [5.41, 5.74) is 4.22. The van der Waals surface area contributed by atoms with Gasteiger partial charge in [-0.2, -0.15) is 0 Å². The van der Waals surface area contributed by atoms with Gasteiger partial charge in [0.15, 0.2) is 11.6 Å². The van der Waals surface area contributed by atoms with Gasteiger partial charge in [0.05, 0.1) is 0 Å². The van der Waals surface area contributed by atoms with Gasteiger partial charge in [-0.25, -0.2) is 0 Å². The molecule has 0 spiro atoms. The van der Waals surface area contributed by atoms with E-state index in [-0.39, 0.29) is 11.6 Å². The third-order valence-electron chi connectivity index (χ3n) is 4.26. The molecule has 3 heteroatoms. The first kappa shape index (κ1) is 17.5. The van der Waals surface area contributed by atoms with Crippen molar-refractivity contribution in [3.63, 3.8) is 0 Å². The quantitative estimate of drug-likeness (QED) is 0.498. The predicted molar refractivity (Wildman–Crippen MR) is 101 cm³/mol. The molecule has 26 heavy (non-hydrogen) atoms. The van der Waals surface area contributed by atoms with Gasteiger partial charge in [-0.15, -0.1) is 0 Å². The van der Waals surface area contributed by atoms with Crippen LogP contribution in [0.15, 0.2) is 72.8 Å². The van der Waals surface area contributed by atoms with Crippen LogP contribution in [-0.2, 0) is 11.2 Å². The van der Waals surface area contributed by atoms with Crippen LogP contribution in [0.4, 0.5) is 0 Å². The molecule has 0 aromatic heterocycles. The Bertz CT molecular complexity index is 934. The van der Waals surface area contributed by atoms with Crippen LogP contribution in [0, 0.1) is 6.92 Å². The summed E-state index contributed by atoms with van der Waals surface area (Å²) in [6.07, 6.45) is 1.17. The van der Waals surface area contributed by atoms with Crippen LogP contribution in [0.5, 0.6) is 0 Å². The van der Waals surface area contributed by atoms with Gasteiger partial charge >= 0.3 is 0 Å². The minimum absolute atomic E-state index is 0.0674. The van der Waals surface area contributed by atoms with Crippen molar-refractivity contribution in [2.75, 3.05) is 0 Å². The van der Waals surface area contributed by atoms with Gasteiger partial charge in [0.25, 0.3) is 0 Å². The molecule has 0 aliphatic heterocycles. The minimum Gasteiger partial charge on any atom is -0.303 e. The van der Waals surface area contributed by atoms with Crippen LogP contribution in [0.3, 0.4) is 0 Å². The molecule has 0 bridgehead atoms. The van der Waals surface area contributed by atoms with Crippen molar-refractivity contribution in [2.24, 2.45) is 0 Å². The summed E-state index contributed by atoms with van der Waals surface area (Å²) in [5, 5.41) is 0. The first-order valence-corrected chi connectivity index (χ1v) is 8.37. The summed E-state index contributed by atoms with van der Waals surface area (Å²) in [7, 11) is 0. The lowest BCUT2D eigenvalue weighted by molar-refractivity contribution is -0.107. The van der Waals surface area contributed by atoms with Crippen molar-refractivity contribution in [3.8, 4) is 0 Å². The SMILES string of the molecule is Cc1ccc(C(=O)c2ccc(C(=O)c3ccc(CC=O)cc3)cc2)cc1. The summed E-state index contributed by atoms with van der Waals surface area (Å²) in [6, 6.07) is 21.1. The highest BCUT2D eigenvalue weighted by molar-refractivity contribution is 6.11. The number of hydrogen-bond donors (Lipinski definition) is 0. The predicted octanol–water partition coefficient (Wildman–Crippen LogP) is 4.20. The number of aryl methyl sites for hydroxylation is 1. The molecule has 0 radical (unpaired) electrons. The maximum atomic E-state index is 12.5. The van der Waals surface area contributed by atoms with E-state index < -0.39 is 0 Å². The molecule has 128 valence electrons. The first-order valence-electron chi connectivity index (χ1n) is 8.37. The zero-order valence-electron chi connectivity index (χ0n) is 14.4. The van der Waals surface area contributed by atoms with Crippen molar-refractivity contribution >= 4 is 17.9 Å². The Balaban J connectivity index is 1.78. The van der Waals surface area contributed by atoms with E-state index in [2.05, 4.69) is 0 Å². The van der Waals surface area contributed by atoms with E-state index in [9.17, 15) is 14.4 Å². The Morgan fingerprint density at radius 2 is 1.00 bits per heavy atom. The molecule has 0 saturated heterocycles. The molecular formula is C23H18O3. The molecule has 3 nitrogen and oxygen atoms in total. The van der Waals surface area contributed by atoms with Crippen molar-refractivity contribution in [1.29, 1.82) is 0 Å². The Kier molecular flexibility index (Phi) is 5.18. The zero-order valence-corrected chi connectivity index (χ0v) is 14.4. The van der Waals surface area contributed by atoms with E-state index in [1.165, 1.54) is 0 Å². The molecule has 3 aromatic carbocycles. The van der Waals surface area contributed by atoms with Gasteiger partial charge in [-0.3, -0.25) is 9.59 Å². The standard InChI is InChI=1S/C23H18O3/c1-16-2-6-18(7-3-16)22(25)20-10-12-21(13-11-20)23(26)19-8-4-17(5-9-19)14-15-24/h2-13,15H,14H2,1H3. The van der Waals surface area contributed by atoms with E-state index in [4.69, 9.17) is 0 Å². The molecule has 0 atom stereocenters. The van der Waals surface area contributed by atoms with E-state index in [0.717, 1.165) is 17.4 Å². The van der Waals surface area contributed by atoms with Crippen LogP contribution < -0.4 is 0 Å². The average Bonchev–Trinajstić information content (AvgIpc) is 2.68. The van der Waals surface area contributed by atoms with Crippen LogP contribution >= 0.6 is 0 Å². The van der Waals surface area contributed by atoms with Gasteiger partial charge in [-0.05, 0) is 12.5 Å². The second kappa shape index (κ2) is 7.70. The molecule has 0 aliphatic rings. The average molecular weight is 342 g/mol. The van der Waals surface area contributed by atoms with Crippen LogP contribution in [0.2, 0.25) is 0 Å². The highest BCUT2D eigenvalue weighted by atomic mass is 16.1. The second-order valence-electron chi connectivity index (χ2n) is 6.17. The lowest BCUT2D eigenvalue weighted by Crippen LogP contribution is -2.04. The fourth-order valence-corrected chi connectivity index (χ4v) is 2.70. The van der Waals surface area contributed by atoms with Crippen molar-refractivity contribution in [1.82, 2.24) is 0 Å². The number of rotatable bonds is 6. The van der Waals surface area contributed by atoms with Crippen LogP contribution in [-0.4, -0.2) is 17.9 Å². The lowest BCUT2D eigenvalue weighted by Gasteiger charge is -2.05. The molecular weight excluding hydrogens is 324 g/mol. The number of carbonyl (C=O) groups excluding carboxylic acids is 3. The van der Waals surface area contributed by atoms with Gasteiger partial charge in [-0.1, -0.05) is 78.4 Å².